The molecular formula is C20H15FO4. The highest BCUT2D eigenvalue weighted by molar-refractivity contribution is 5.88. The minimum Gasteiger partial charge on any atom is -0.478 e. The molecule has 0 radical (unpaired) electrons. The Balaban J connectivity index is 1.87. The number of hydrogen-bond acceptors (Lipinski definition) is 3. The monoisotopic (exact) mass is 338 g/mol. The van der Waals surface area contributed by atoms with Gasteiger partial charge in [0.1, 0.15) is 17.3 Å². The lowest BCUT2D eigenvalue weighted by atomic mass is 10.2. The number of hydrogen-bond donors (Lipinski definition) is 1. The molecule has 0 fully saturated rings. The van der Waals surface area contributed by atoms with Crippen LogP contribution in [-0.4, -0.2) is 11.1 Å². The maximum atomic E-state index is 13.1. The second-order valence-electron chi connectivity index (χ2n) is 5.27. The molecule has 1 atom stereocenters. The molecule has 0 saturated heterocycles. The number of carbonyl (C=O) groups is 1. The van der Waals surface area contributed by atoms with Crippen LogP contribution in [0.25, 0.3) is 0 Å². The molecule has 0 aromatic heterocycles. The van der Waals surface area contributed by atoms with E-state index in [-0.39, 0.29) is 11.4 Å². The molecule has 3 aromatic rings. The highest BCUT2D eigenvalue weighted by atomic mass is 19.1. The Labute approximate surface area is 144 Å². The summed E-state index contributed by atoms with van der Waals surface area (Å²) in [5.41, 5.74) is 0.860. The number of benzene rings is 3. The van der Waals surface area contributed by atoms with Crippen LogP contribution in [0.1, 0.15) is 22.2 Å². The molecule has 126 valence electrons. The fraction of sp³-hybridized carbons (Fsp3) is 0.0500. The average Bonchev–Trinajstić information content (AvgIpc) is 2.64. The number of carboxylic acid groups (broad SMARTS) is 1. The van der Waals surface area contributed by atoms with E-state index in [1.54, 1.807) is 12.1 Å². The van der Waals surface area contributed by atoms with E-state index < -0.39 is 12.3 Å². The van der Waals surface area contributed by atoms with Crippen LogP contribution in [0.5, 0.6) is 11.5 Å². The molecule has 0 aliphatic rings. The van der Waals surface area contributed by atoms with E-state index >= 15 is 0 Å². The summed E-state index contributed by atoms with van der Waals surface area (Å²) in [5.74, 6) is -0.611. The van der Waals surface area contributed by atoms with Crippen molar-refractivity contribution in [1.82, 2.24) is 0 Å². The van der Waals surface area contributed by atoms with Crippen LogP contribution in [0.4, 0.5) is 4.39 Å². The molecule has 1 unspecified atom stereocenters. The summed E-state index contributed by atoms with van der Waals surface area (Å²) in [6.07, 6.45) is -0.810. The molecule has 3 aromatic carbocycles. The quantitative estimate of drug-likeness (QED) is 0.663. The predicted molar refractivity (Wildman–Crippen MR) is 90.2 cm³/mol. The highest BCUT2D eigenvalue weighted by Crippen LogP contribution is 2.26. The van der Waals surface area contributed by atoms with Gasteiger partial charge >= 0.3 is 5.97 Å². The lowest BCUT2D eigenvalue weighted by Gasteiger charge is -2.21. The van der Waals surface area contributed by atoms with Gasteiger partial charge in [-0.3, -0.25) is 0 Å². The fourth-order valence-corrected chi connectivity index (χ4v) is 2.23. The molecule has 0 spiro atoms. The van der Waals surface area contributed by atoms with Crippen LogP contribution < -0.4 is 9.47 Å². The topological polar surface area (TPSA) is 55.8 Å². The number of carboxylic acids is 1. The van der Waals surface area contributed by atoms with E-state index in [9.17, 15) is 9.18 Å². The van der Waals surface area contributed by atoms with E-state index in [4.69, 9.17) is 14.6 Å². The van der Waals surface area contributed by atoms with Crippen LogP contribution in [-0.2, 0) is 0 Å². The van der Waals surface area contributed by atoms with Gasteiger partial charge in [0.2, 0.25) is 0 Å². The predicted octanol–water partition coefficient (Wildman–Crippen LogP) is 4.68. The van der Waals surface area contributed by atoms with Crippen molar-refractivity contribution in [1.29, 1.82) is 0 Å². The first-order valence-corrected chi connectivity index (χ1v) is 7.59. The van der Waals surface area contributed by atoms with E-state index in [0.29, 0.717) is 11.5 Å². The lowest BCUT2D eigenvalue weighted by Crippen LogP contribution is -2.15. The van der Waals surface area contributed by atoms with Crippen molar-refractivity contribution in [2.24, 2.45) is 0 Å². The molecule has 5 heteroatoms. The number of halogens is 1. The Morgan fingerprint density at radius 3 is 2.20 bits per heavy atom. The van der Waals surface area contributed by atoms with Crippen LogP contribution >= 0.6 is 0 Å². The second-order valence-corrected chi connectivity index (χ2v) is 5.27. The van der Waals surface area contributed by atoms with E-state index in [0.717, 1.165) is 5.56 Å². The largest absolute Gasteiger partial charge is 0.478 e. The van der Waals surface area contributed by atoms with E-state index in [1.807, 2.05) is 30.3 Å². The lowest BCUT2D eigenvalue weighted by molar-refractivity contribution is 0.00363. The third-order valence-corrected chi connectivity index (χ3v) is 3.45. The Bertz CT molecular complexity index is 847. The van der Waals surface area contributed by atoms with Crippen molar-refractivity contribution in [3.63, 3.8) is 0 Å². The zero-order chi connectivity index (χ0) is 17.6. The van der Waals surface area contributed by atoms with Gasteiger partial charge in [-0.2, -0.15) is 0 Å². The standard InChI is InChI=1S/C20H15FO4/c21-16-9-11-17(12-10-16)24-20(14-5-2-1-3-6-14)25-18-8-4-7-15(13-18)19(22)23/h1-13,20H,(H,22,23). The summed E-state index contributed by atoms with van der Waals surface area (Å²) in [5, 5.41) is 9.10. The molecular weight excluding hydrogens is 323 g/mol. The van der Waals surface area contributed by atoms with Gasteiger partial charge in [-0.15, -0.1) is 0 Å². The first-order valence-electron chi connectivity index (χ1n) is 7.59. The molecule has 0 aliphatic heterocycles. The SMILES string of the molecule is O=C(O)c1cccc(OC(Oc2ccc(F)cc2)c2ccccc2)c1. The van der Waals surface area contributed by atoms with Crippen molar-refractivity contribution in [2.45, 2.75) is 6.29 Å². The Kier molecular flexibility index (Phi) is 4.95. The zero-order valence-electron chi connectivity index (χ0n) is 13.1. The minimum absolute atomic E-state index is 0.117. The Morgan fingerprint density at radius 2 is 1.52 bits per heavy atom. The number of rotatable bonds is 6. The van der Waals surface area contributed by atoms with Gasteiger partial charge in [0, 0.05) is 5.56 Å². The molecule has 0 bridgehead atoms. The summed E-state index contributed by atoms with van der Waals surface area (Å²) < 4.78 is 24.7. The molecule has 3 rings (SSSR count). The Morgan fingerprint density at radius 1 is 0.840 bits per heavy atom. The third kappa shape index (κ3) is 4.35. The Hall–Kier alpha value is -3.34. The minimum atomic E-state index is -1.04. The summed E-state index contributed by atoms with van der Waals surface area (Å²) >= 11 is 0. The van der Waals surface area contributed by atoms with Crippen molar-refractivity contribution >= 4 is 5.97 Å². The van der Waals surface area contributed by atoms with Gasteiger partial charge in [0.15, 0.2) is 0 Å². The van der Waals surface area contributed by atoms with Crippen molar-refractivity contribution in [2.75, 3.05) is 0 Å². The van der Waals surface area contributed by atoms with Crippen LogP contribution in [0, 0.1) is 5.82 Å². The number of aromatic carboxylic acids is 1. The molecule has 1 N–H and O–H groups in total. The smallest absolute Gasteiger partial charge is 0.335 e. The van der Waals surface area contributed by atoms with E-state index in [1.165, 1.54) is 36.4 Å². The maximum Gasteiger partial charge on any atom is 0.335 e. The van der Waals surface area contributed by atoms with E-state index in [2.05, 4.69) is 0 Å². The normalized spacial score (nSPS) is 11.6. The molecule has 25 heavy (non-hydrogen) atoms. The average molecular weight is 338 g/mol. The van der Waals surface area contributed by atoms with Crippen LogP contribution in [0.15, 0.2) is 78.9 Å². The van der Waals surface area contributed by atoms with Gasteiger partial charge in [-0.1, -0.05) is 36.4 Å². The van der Waals surface area contributed by atoms with Crippen LogP contribution in [0.3, 0.4) is 0 Å². The molecule has 4 nitrogen and oxygen atoms in total. The van der Waals surface area contributed by atoms with Crippen molar-refractivity contribution in [3.05, 3.63) is 95.8 Å². The first-order chi connectivity index (χ1) is 12.1. The van der Waals surface area contributed by atoms with Gasteiger partial charge < -0.3 is 14.6 Å². The van der Waals surface area contributed by atoms with Crippen molar-refractivity contribution in [3.8, 4) is 11.5 Å². The number of ether oxygens (including phenoxy) is 2. The van der Waals surface area contributed by atoms with Gasteiger partial charge in [-0.05, 0) is 42.5 Å². The second kappa shape index (κ2) is 7.49. The van der Waals surface area contributed by atoms with Gasteiger partial charge in [-0.25, -0.2) is 9.18 Å². The molecule has 0 heterocycles. The van der Waals surface area contributed by atoms with Crippen molar-refractivity contribution < 1.29 is 23.8 Å². The maximum absolute atomic E-state index is 13.1. The summed E-state index contributed by atoms with van der Waals surface area (Å²) in [4.78, 5) is 11.1. The fourth-order valence-electron chi connectivity index (χ4n) is 2.23. The van der Waals surface area contributed by atoms with Gasteiger partial charge in [0.25, 0.3) is 6.29 Å². The van der Waals surface area contributed by atoms with Crippen LogP contribution in [0.2, 0.25) is 0 Å². The molecule has 0 saturated carbocycles. The molecule has 0 amide bonds. The zero-order valence-corrected chi connectivity index (χ0v) is 13.1. The summed E-state index contributed by atoms with van der Waals surface area (Å²) in [6.45, 7) is 0. The first kappa shape index (κ1) is 16.5. The molecule has 0 aliphatic carbocycles. The highest BCUT2D eigenvalue weighted by Gasteiger charge is 2.16. The van der Waals surface area contributed by atoms with Gasteiger partial charge in [0.05, 0.1) is 5.56 Å². The summed E-state index contributed by atoms with van der Waals surface area (Å²) in [7, 11) is 0. The summed E-state index contributed by atoms with van der Waals surface area (Å²) in [6, 6.07) is 20.9. The third-order valence-electron chi connectivity index (χ3n) is 3.45.